The number of nitrogens with one attached hydrogen (secondary N) is 1. The molecule has 16 heavy (non-hydrogen) atoms. The summed E-state index contributed by atoms with van der Waals surface area (Å²) in [5, 5.41) is 12.4. The molecule has 0 aromatic heterocycles. The fourth-order valence-corrected chi connectivity index (χ4v) is 2.05. The van der Waals surface area contributed by atoms with Crippen molar-refractivity contribution in [3.63, 3.8) is 0 Å². The lowest BCUT2D eigenvalue weighted by Crippen LogP contribution is -2.26. The highest BCUT2D eigenvalue weighted by Crippen LogP contribution is 2.15. The summed E-state index contributed by atoms with van der Waals surface area (Å²) in [5.41, 5.74) is 1.33. The summed E-state index contributed by atoms with van der Waals surface area (Å²) in [5.74, 6) is 0.388. The lowest BCUT2D eigenvalue weighted by Gasteiger charge is -2.12. The number of aliphatic hydroxyl groups excluding tert-OH is 1. The molecule has 0 fully saturated rings. The highest BCUT2D eigenvalue weighted by atomic mass is 79.9. The second kappa shape index (κ2) is 7.82. The molecule has 1 aromatic carbocycles. The Balaban J connectivity index is 2.23. The van der Waals surface area contributed by atoms with Gasteiger partial charge in [-0.2, -0.15) is 0 Å². The third-order valence-electron chi connectivity index (χ3n) is 2.80. The van der Waals surface area contributed by atoms with Gasteiger partial charge in [0.15, 0.2) is 0 Å². The third-order valence-corrected chi connectivity index (χ3v) is 3.57. The lowest BCUT2D eigenvalue weighted by atomic mass is 10.1. The van der Waals surface area contributed by atoms with Crippen LogP contribution in [-0.2, 0) is 6.42 Å². The van der Waals surface area contributed by atoms with Crippen molar-refractivity contribution in [2.45, 2.75) is 19.8 Å². The third kappa shape index (κ3) is 4.64. The molecule has 3 heteroatoms. The first-order valence-electron chi connectivity index (χ1n) is 5.83. The zero-order valence-corrected chi connectivity index (χ0v) is 11.3. The maximum absolute atomic E-state index is 9.04. The van der Waals surface area contributed by atoms with Crippen molar-refractivity contribution in [1.29, 1.82) is 0 Å². The van der Waals surface area contributed by atoms with Gasteiger partial charge >= 0.3 is 0 Å². The van der Waals surface area contributed by atoms with Crippen molar-refractivity contribution in [3.8, 4) is 0 Å². The molecule has 1 aromatic rings. The molecule has 0 bridgehead atoms. The van der Waals surface area contributed by atoms with Crippen LogP contribution in [0.1, 0.15) is 18.9 Å². The van der Waals surface area contributed by atoms with Gasteiger partial charge in [0.2, 0.25) is 0 Å². The van der Waals surface area contributed by atoms with E-state index in [9.17, 15) is 0 Å². The number of halogens is 1. The summed E-state index contributed by atoms with van der Waals surface area (Å²) >= 11 is 3.54. The van der Waals surface area contributed by atoms with Gasteiger partial charge in [-0.05, 0) is 36.9 Å². The van der Waals surface area contributed by atoms with E-state index in [-0.39, 0.29) is 6.61 Å². The zero-order chi connectivity index (χ0) is 11.8. The molecule has 0 aliphatic heterocycles. The van der Waals surface area contributed by atoms with Crippen molar-refractivity contribution in [1.82, 2.24) is 5.32 Å². The van der Waals surface area contributed by atoms with Gasteiger partial charge in [0.05, 0.1) is 0 Å². The minimum atomic E-state index is 0.276. The molecule has 0 aliphatic carbocycles. The maximum atomic E-state index is 9.04. The molecule has 2 nitrogen and oxygen atoms in total. The molecule has 0 spiro atoms. The summed E-state index contributed by atoms with van der Waals surface area (Å²) in [6.45, 7) is 4.24. The summed E-state index contributed by atoms with van der Waals surface area (Å²) in [6.07, 6.45) is 2.04. The van der Waals surface area contributed by atoms with E-state index in [0.717, 1.165) is 25.9 Å². The molecule has 0 heterocycles. The molecule has 0 radical (unpaired) electrons. The van der Waals surface area contributed by atoms with Gasteiger partial charge in [-0.3, -0.25) is 0 Å². The molecule has 0 amide bonds. The van der Waals surface area contributed by atoms with Crippen molar-refractivity contribution in [2.24, 2.45) is 5.92 Å². The van der Waals surface area contributed by atoms with Crippen LogP contribution >= 0.6 is 15.9 Å². The van der Waals surface area contributed by atoms with Crippen molar-refractivity contribution in [3.05, 3.63) is 34.3 Å². The molecule has 90 valence electrons. The Hall–Kier alpha value is -0.380. The van der Waals surface area contributed by atoms with Crippen LogP contribution in [0.3, 0.4) is 0 Å². The molecule has 0 saturated carbocycles. The smallest absolute Gasteiger partial charge is 0.0471 e. The fourth-order valence-electron chi connectivity index (χ4n) is 1.57. The van der Waals surface area contributed by atoms with E-state index in [1.54, 1.807) is 0 Å². The van der Waals surface area contributed by atoms with Crippen LogP contribution in [0.15, 0.2) is 28.7 Å². The van der Waals surface area contributed by atoms with Gasteiger partial charge in [0, 0.05) is 17.6 Å². The minimum absolute atomic E-state index is 0.276. The van der Waals surface area contributed by atoms with Crippen molar-refractivity contribution < 1.29 is 5.11 Å². The molecule has 0 aliphatic rings. The highest BCUT2D eigenvalue weighted by Gasteiger charge is 2.03. The average molecular weight is 286 g/mol. The molecular formula is C13H20BrNO. The second-order valence-corrected chi connectivity index (χ2v) is 4.86. The predicted molar refractivity (Wildman–Crippen MR) is 71.6 cm³/mol. The molecule has 2 N–H and O–H groups in total. The Morgan fingerprint density at radius 1 is 1.38 bits per heavy atom. The van der Waals surface area contributed by atoms with Crippen LogP contribution < -0.4 is 5.32 Å². The van der Waals surface area contributed by atoms with Crippen LogP contribution in [0.25, 0.3) is 0 Å². The number of hydrogen-bond donors (Lipinski definition) is 2. The van der Waals surface area contributed by atoms with E-state index in [1.165, 1.54) is 10.0 Å². The van der Waals surface area contributed by atoms with E-state index in [4.69, 9.17) is 5.11 Å². The van der Waals surface area contributed by atoms with Gasteiger partial charge in [0.25, 0.3) is 0 Å². The zero-order valence-electron chi connectivity index (χ0n) is 9.75. The van der Waals surface area contributed by atoms with Gasteiger partial charge in [0.1, 0.15) is 0 Å². The fraction of sp³-hybridized carbons (Fsp3) is 0.538. The summed E-state index contributed by atoms with van der Waals surface area (Å²) < 4.78 is 1.17. The number of rotatable bonds is 7. The van der Waals surface area contributed by atoms with E-state index in [0.29, 0.717) is 5.92 Å². The van der Waals surface area contributed by atoms with E-state index in [2.05, 4.69) is 46.4 Å². The minimum Gasteiger partial charge on any atom is -0.396 e. The largest absolute Gasteiger partial charge is 0.396 e. The Morgan fingerprint density at radius 3 is 2.75 bits per heavy atom. The topological polar surface area (TPSA) is 32.3 Å². The van der Waals surface area contributed by atoms with Crippen molar-refractivity contribution in [2.75, 3.05) is 19.7 Å². The van der Waals surface area contributed by atoms with Crippen LogP contribution in [0.2, 0.25) is 0 Å². The molecule has 1 unspecified atom stereocenters. The number of benzene rings is 1. The standard InChI is InChI=1S/C13H20BrNO/c1-2-11(10-16)9-15-8-7-12-5-3-4-6-13(12)14/h3-6,11,15-16H,2,7-10H2,1H3. The van der Waals surface area contributed by atoms with E-state index >= 15 is 0 Å². The summed E-state index contributed by atoms with van der Waals surface area (Å²) in [7, 11) is 0. The molecule has 1 atom stereocenters. The predicted octanol–water partition coefficient (Wildman–Crippen LogP) is 2.60. The lowest BCUT2D eigenvalue weighted by molar-refractivity contribution is 0.219. The van der Waals surface area contributed by atoms with Crippen LogP contribution in [0, 0.1) is 5.92 Å². The quantitative estimate of drug-likeness (QED) is 0.755. The summed E-state index contributed by atoms with van der Waals surface area (Å²) in [6, 6.07) is 8.29. The van der Waals surface area contributed by atoms with Gasteiger partial charge in [-0.25, -0.2) is 0 Å². The Morgan fingerprint density at radius 2 is 2.12 bits per heavy atom. The van der Waals surface area contributed by atoms with Gasteiger partial charge in [-0.15, -0.1) is 0 Å². The van der Waals surface area contributed by atoms with Gasteiger partial charge in [-0.1, -0.05) is 41.1 Å². The first-order valence-corrected chi connectivity index (χ1v) is 6.62. The van der Waals surface area contributed by atoms with Gasteiger partial charge < -0.3 is 10.4 Å². The van der Waals surface area contributed by atoms with E-state index in [1.807, 2.05) is 6.07 Å². The molecule has 0 saturated heterocycles. The monoisotopic (exact) mass is 285 g/mol. The normalized spacial score (nSPS) is 12.7. The van der Waals surface area contributed by atoms with Crippen LogP contribution in [-0.4, -0.2) is 24.8 Å². The molecule has 1 rings (SSSR count). The van der Waals surface area contributed by atoms with Crippen LogP contribution in [0.4, 0.5) is 0 Å². The maximum Gasteiger partial charge on any atom is 0.0471 e. The van der Waals surface area contributed by atoms with Crippen molar-refractivity contribution >= 4 is 15.9 Å². The average Bonchev–Trinajstić information content (AvgIpc) is 2.31. The Kier molecular flexibility index (Phi) is 6.69. The highest BCUT2D eigenvalue weighted by molar-refractivity contribution is 9.10. The summed E-state index contributed by atoms with van der Waals surface area (Å²) in [4.78, 5) is 0. The Bertz CT molecular complexity index is 300. The second-order valence-electron chi connectivity index (χ2n) is 4.00. The number of hydrogen-bond acceptors (Lipinski definition) is 2. The van der Waals surface area contributed by atoms with Crippen LogP contribution in [0.5, 0.6) is 0 Å². The molecular weight excluding hydrogens is 266 g/mol. The van der Waals surface area contributed by atoms with E-state index < -0.39 is 0 Å². The first kappa shape index (κ1) is 13.7. The first-order chi connectivity index (χ1) is 7.77. The SMILES string of the molecule is CCC(CO)CNCCc1ccccc1Br. The Labute approximate surface area is 106 Å². The number of aliphatic hydroxyl groups is 1.